The number of benzene rings is 2. The summed E-state index contributed by atoms with van der Waals surface area (Å²) in [5, 5.41) is 9.84. The van der Waals surface area contributed by atoms with E-state index in [9.17, 15) is 18.3 Å². The standard InChI is InChI=1S/C20H20BrNO6S/c1-27-19-13-14(12-17(21)20(19)24)2-7-18(23)15-3-5-16(6-4-15)29(25,26)22-8-10-28-11-9-22/h2-7,12-13,24H,8-11H2,1H3/b7-2+. The molecule has 0 unspecified atom stereocenters. The molecule has 1 N–H and O–H groups in total. The van der Waals surface area contributed by atoms with Crippen LogP contribution in [0.3, 0.4) is 0 Å². The Labute approximate surface area is 177 Å². The molecule has 154 valence electrons. The van der Waals surface area contributed by atoms with Crippen molar-refractivity contribution < 1.29 is 27.8 Å². The number of rotatable bonds is 6. The first-order chi connectivity index (χ1) is 13.8. The molecule has 0 bridgehead atoms. The maximum Gasteiger partial charge on any atom is 0.243 e. The quantitative estimate of drug-likeness (QED) is 0.503. The number of methoxy groups -OCH3 is 1. The fourth-order valence-electron chi connectivity index (χ4n) is 2.84. The summed E-state index contributed by atoms with van der Waals surface area (Å²) in [6, 6.07) is 9.11. The Morgan fingerprint density at radius 1 is 1.21 bits per heavy atom. The summed E-state index contributed by atoms with van der Waals surface area (Å²) in [6.45, 7) is 1.38. The molecule has 0 radical (unpaired) electrons. The number of ketones is 1. The molecule has 0 amide bonds. The van der Waals surface area contributed by atoms with Crippen LogP contribution in [0.1, 0.15) is 15.9 Å². The Hall–Kier alpha value is -2.20. The number of hydrogen-bond acceptors (Lipinski definition) is 6. The topological polar surface area (TPSA) is 93.1 Å². The Bertz CT molecular complexity index is 1030. The molecule has 1 aliphatic heterocycles. The van der Waals surface area contributed by atoms with Crippen molar-refractivity contribution in [2.75, 3.05) is 33.4 Å². The zero-order chi connectivity index (χ0) is 21.0. The van der Waals surface area contributed by atoms with Gasteiger partial charge in [-0.25, -0.2) is 8.42 Å². The molecule has 3 rings (SSSR count). The first-order valence-electron chi connectivity index (χ1n) is 8.80. The van der Waals surface area contributed by atoms with Crippen molar-refractivity contribution in [1.29, 1.82) is 0 Å². The normalized spacial score (nSPS) is 15.5. The van der Waals surface area contributed by atoms with E-state index in [1.54, 1.807) is 18.2 Å². The number of nitrogens with zero attached hydrogens (tertiary/aromatic N) is 1. The van der Waals surface area contributed by atoms with Crippen LogP contribution < -0.4 is 4.74 Å². The Balaban J connectivity index is 1.75. The third-order valence-corrected chi connectivity index (χ3v) is 6.96. The van der Waals surface area contributed by atoms with Gasteiger partial charge in [-0.05, 0) is 64.0 Å². The van der Waals surface area contributed by atoms with E-state index < -0.39 is 10.0 Å². The number of hydrogen-bond donors (Lipinski definition) is 1. The zero-order valence-corrected chi connectivity index (χ0v) is 18.1. The van der Waals surface area contributed by atoms with E-state index >= 15 is 0 Å². The summed E-state index contributed by atoms with van der Waals surface area (Å²) in [7, 11) is -2.16. The number of carbonyl (C=O) groups excluding carboxylic acids is 1. The minimum atomic E-state index is -3.60. The molecule has 0 aromatic heterocycles. The van der Waals surface area contributed by atoms with Crippen molar-refractivity contribution in [1.82, 2.24) is 4.31 Å². The lowest BCUT2D eigenvalue weighted by atomic mass is 10.1. The van der Waals surface area contributed by atoms with Gasteiger partial charge in [0.25, 0.3) is 0 Å². The van der Waals surface area contributed by atoms with Gasteiger partial charge in [0, 0.05) is 18.7 Å². The molecule has 0 spiro atoms. The molecule has 0 atom stereocenters. The molecule has 1 fully saturated rings. The van der Waals surface area contributed by atoms with Crippen LogP contribution in [-0.2, 0) is 14.8 Å². The summed E-state index contributed by atoms with van der Waals surface area (Å²) >= 11 is 3.23. The number of ether oxygens (including phenoxy) is 2. The van der Waals surface area contributed by atoms with Crippen molar-refractivity contribution in [2.24, 2.45) is 0 Å². The highest BCUT2D eigenvalue weighted by Gasteiger charge is 2.26. The summed E-state index contributed by atoms with van der Waals surface area (Å²) in [5.74, 6) is -0.0133. The minimum absolute atomic E-state index is 0.0203. The number of carbonyl (C=O) groups is 1. The smallest absolute Gasteiger partial charge is 0.243 e. The molecule has 2 aromatic rings. The van der Waals surface area contributed by atoms with Gasteiger partial charge in [-0.1, -0.05) is 6.08 Å². The Morgan fingerprint density at radius 3 is 2.48 bits per heavy atom. The van der Waals surface area contributed by atoms with E-state index in [0.717, 1.165) is 0 Å². The van der Waals surface area contributed by atoms with Gasteiger partial charge in [0.15, 0.2) is 17.3 Å². The number of morpholine rings is 1. The Kier molecular flexibility index (Phi) is 6.74. The SMILES string of the molecule is COc1cc(/C=C/C(=O)c2ccc(S(=O)(=O)N3CCOCC3)cc2)cc(Br)c1O. The fraction of sp³-hybridized carbons (Fsp3) is 0.250. The number of allylic oxidation sites excluding steroid dienone is 1. The summed E-state index contributed by atoms with van der Waals surface area (Å²) in [4.78, 5) is 12.6. The molecular formula is C20H20BrNO6S. The maximum absolute atomic E-state index is 12.6. The van der Waals surface area contributed by atoms with Crippen LogP contribution in [0.2, 0.25) is 0 Å². The summed E-state index contributed by atoms with van der Waals surface area (Å²) < 4.78 is 37.4. The second-order valence-corrected chi connectivity index (χ2v) is 9.08. The van der Waals surface area contributed by atoms with Gasteiger partial charge in [0.1, 0.15) is 0 Å². The largest absolute Gasteiger partial charge is 0.503 e. The van der Waals surface area contributed by atoms with E-state index in [1.807, 2.05) is 0 Å². The van der Waals surface area contributed by atoms with Crippen molar-refractivity contribution in [2.45, 2.75) is 4.90 Å². The number of halogens is 1. The van der Waals surface area contributed by atoms with E-state index in [0.29, 0.717) is 41.9 Å². The van der Waals surface area contributed by atoms with Gasteiger partial charge < -0.3 is 14.6 Å². The van der Waals surface area contributed by atoms with Gasteiger partial charge in [-0.2, -0.15) is 4.31 Å². The van der Waals surface area contributed by atoms with Crippen molar-refractivity contribution in [3.8, 4) is 11.5 Å². The number of phenolic OH excluding ortho intramolecular Hbond substituents is 1. The van der Waals surface area contributed by atoms with Crippen LogP contribution in [0.25, 0.3) is 6.08 Å². The molecule has 0 saturated carbocycles. The predicted molar refractivity (Wildman–Crippen MR) is 112 cm³/mol. The highest BCUT2D eigenvalue weighted by molar-refractivity contribution is 9.10. The highest BCUT2D eigenvalue weighted by atomic mass is 79.9. The van der Waals surface area contributed by atoms with Gasteiger partial charge in [0.05, 0.1) is 29.7 Å². The minimum Gasteiger partial charge on any atom is -0.503 e. The van der Waals surface area contributed by atoms with Crippen LogP contribution in [-0.4, -0.2) is 57.0 Å². The van der Waals surface area contributed by atoms with Gasteiger partial charge in [0.2, 0.25) is 10.0 Å². The molecule has 9 heteroatoms. The highest BCUT2D eigenvalue weighted by Crippen LogP contribution is 2.35. The lowest BCUT2D eigenvalue weighted by Crippen LogP contribution is -2.40. The summed E-state index contributed by atoms with van der Waals surface area (Å²) in [5.41, 5.74) is 1.03. The third kappa shape index (κ3) is 4.87. The number of phenols is 1. The first-order valence-corrected chi connectivity index (χ1v) is 11.0. The van der Waals surface area contributed by atoms with Crippen LogP contribution >= 0.6 is 15.9 Å². The average molecular weight is 482 g/mol. The Morgan fingerprint density at radius 2 is 1.86 bits per heavy atom. The van der Waals surface area contributed by atoms with E-state index in [-0.39, 0.29) is 22.2 Å². The zero-order valence-electron chi connectivity index (χ0n) is 15.7. The first kappa shape index (κ1) is 21.5. The number of aromatic hydroxyl groups is 1. The lowest BCUT2D eigenvalue weighted by Gasteiger charge is -2.26. The van der Waals surface area contributed by atoms with E-state index in [2.05, 4.69) is 15.9 Å². The summed E-state index contributed by atoms with van der Waals surface area (Å²) in [6.07, 6.45) is 2.97. The molecule has 7 nitrogen and oxygen atoms in total. The van der Waals surface area contributed by atoms with E-state index in [4.69, 9.17) is 9.47 Å². The lowest BCUT2D eigenvalue weighted by molar-refractivity contribution is 0.0730. The predicted octanol–water partition coefficient (Wildman–Crippen LogP) is 3.08. The molecule has 0 aliphatic carbocycles. The molecule has 2 aromatic carbocycles. The number of sulfonamides is 1. The van der Waals surface area contributed by atoms with Crippen LogP contribution in [0.5, 0.6) is 11.5 Å². The van der Waals surface area contributed by atoms with Crippen LogP contribution in [0.4, 0.5) is 0 Å². The molecule has 29 heavy (non-hydrogen) atoms. The molecule has 1 aliphatic rings. The van der Waals surface area contributed by atoms with Crippen molar-refractivity contribution in [3.63, 3.8) is 0 Å². The average Bonchev–Trinajstić information content (AvgIpc) is 2.75. The second-order valence-electron chi connectivity index (χ2n) is 6.29. The van der Waals surface area contributed by atoms with Crippen molar-refractivity contribution >= 4 is 37.8 Å². The van der Waals surface area contributed by atoms with Crippen LogP contribution in [0.15, 0.2) is 51.8 Å². The van der Waals surface area contributed by atoms with Gasteiger partial charge >= 0.3 is 0 Å². The maximum atomic E-state index is 12.6. The van der Waals surface area contributed by atoms with Gasteiger partial charge in [-0.3, -0.25) is 4.79 Å². The monoisotopic (exact) mass is 481 g/mol. The molecule has 1 heterocycles. The fourth-order valence-corrected chi connectivity index (χ4v) is 4.71. The van der Waals surface area contributed by atoms with Crippen LogP contribution in [0, 0.1) is 0 Å². The van der Waals surface area contributed by atoms with Crippen molar-refractivity contribution in [3.05, 3.63) is 58.1 Å². The third-order valence-electron chi connectivity index (χ3n) is 4.44. The molecular weight excluding hydrogens is 462 g/mol. The second kappa shape index (κ2) is 9.08. The molecule has 1 saturated heterocycles. The van der Waals surface area contributed by atoms with Gasteiger partial charge in [-0.15, -0.1) is 0 Å². The van der Waals surface area contributed by atoms with E-state index in [1.165, 1.54) is 41.8 Å².